The molecule has 0 unspecified atom stereocenters. The van der Waals surface area contributed by atoms with Crippen molar-refractivity contribution in [2.24, 2.45) is 0 Å². The van der Waals surface area contributed by atoms with Gasteiger partial charge >= 0.3 is 0 Å². The average molecular weight is 360 g/mol. The van der Waals surface area contributed by atoms with Crippen LogP contribution in [0.1, 0.15) is 35.1 Å². The van der Waals surface area contributed by atoms with E-state index in [0.29, 0.717) is 11.4 Å². The standard InChI is InChI=1S/C22H20N2O3/c1-27-17-12-19-18(15-8-4-2-5-9-15)14-20(16-10-6-3-7-11-16)23-22(19)21(13-17)24(25)26/h2-13,18,20,23H,14H2,1H3/t18-,20+/m0/s1. The Hall–Kier alpha value is -3.34. The summed E-state index contributed by atoms with van der Waals surface area (Å²) in [6.45, 7) is 0. The Balaban J connectivity index is 1.89. The van der Waals surface area contributed by atoms with Crippen LogP contribution in [0.15, 0.2) is 72.8 Å². The number of fused-ring (bicyclic) bond motifs is 1. The third kappa shape index (κ3) is 3.24. The van der Waals surface area contributed by atoms with Gasteiger partial charge in [0.15, 0.2) is 0 Å². The number of hydrogen-bond donors (Lipinski definition) is 1. The number of nitrogens with one attached hydrogen (secondary N) is 1. The molecular formula is C22H20N2O3. The van der Waals surface area contributed by atoms with Crippen LogP contribution in [0.25, 0.3) is 0 Å². The van der Waals surface area contributed by atoms with Gasteiger partial charge in [0, 0.05) is 5.92 Å². The SMILES string of the molecule is COc1cc2c(c([N+](=O)[O-])c1)N[C@@H](c1ccccc1)C[C@H]2c1ccccc1. The molecule has 1 aliphatic heterocycles. The van der Waals surface area contributed by atoms with Crippen molar-refractivity contribution in [2.75, 3.05) is 12.4 Å². The number of hydrogen-bond acceptors (Lipinski definition) is 4. The van der Waals surface area contributed by atoms with Crippen LogP contribution in [-0.4, -0.2) is 12.0 Å². The first-order chi connectivity index (χ1) is 13.2. The Labute approximate surface area is 157 Å². The molecule has 0 fully saturated rings. The maximum atomic E-state index is 11.7. The van der Waals surface area contributed by atoms with E-state index in [1.807, 2.05) is 42.5 Å². The highest BCUT2D eigenvalue weighted by molar-refractivity contribution is 5.73. The van der Waals surface area contributed by atoms with E-state index in [1.54, 1.807) is 0 Å². The minimum atomic E-state index is -0.343. The van der Waals surface area contributed by atoms with Crippen LogP contribution >= 0.6 is 0 Å². The fourth-order valence-corrected chi connectivity index (χ4v) is 3.82. The van der Waals surface area contributed by atoms with Crippen LogP contribution in [0.3, 0.4) is 0 Å². The Morgan fingerprint density at radius 3 is 2.22 bits per heavy atom. The molecule has 0 spiro atoms. The molecule has 2 atom stereocenters. The van der Waals surface area contributed by atoms with Crippen LogP contribution in [0.2, 0.25) is 0 Å². The van der Waals surface area contributed by atoms with Gasteiger partial charge in [0.1, 0.15) is 11.4 Å². The first-order valence-corrected chi connectivity index (χ1v) is 8.90. The van der Waals surface area contributed by atoms with Crippen LogP contribution in [0.5, 0.6) is 5.75 Å². The number of ether oxygens (including phenoxy) is 1. The minimum absolute atomic E-state index is 0.00370. The van der Waals surface area contributed by atoms with Crippen molar-refractivity contribution in [2.45, 2.75) is 18.4 Å². The molecule has 5 heteroatoms. The Morgan fingerprint density at radius 1 is 1.00 bits per heavy atom. The lowest BCUT2D eigenvalue weighted by atomic mass is 9.80. The molecule has 0 aliphatic carbocycles. The summed E-state index contributed by atoms with van der Waals surface area (Å²) in [5, 5.41) is 15.2. The van der Waals surface area contributed by atoms with E-state index in [2.05, 4.69) is 29.6 Å². The number of benzene rings is 3. The van der Waals surface area contributed by atoms with Gasteiger partial charge in [-0.3, -0.25) is 10.1 Å². The summed E-state index contributed by atoms with van der Waals surface area (Å²) in [5.41, 5.74) is 3.79. The molecule has 136 valence electrons. The van der Waals surface area contributed by atoms with Gasteiger partial charge in [-0.2, -0.15) is 0 Å². The predicted octanol–water partition coefficient (Wildman–Crippen LogP) is 5.29. The number of nitrogens with zero attached hydrogens (tertiary/aromatic N) is 1. The molecule has 0 bridgehead atoms. The third-order valence-electron chi connectivity index (χ3n) is 5.12. The van der Waals surface area contributed by atoms with Gasteiger partial charge in [-0.25, -0.2) is 0 Å². The number of methoxy groups -OCH3 is 1. The second-order valence-corrected chi connectivity index (χ2v) is 6.67. The molecule has 0 saturated carbocycles. The zero-order chi connectivity index (χ0) is 18.8. The van der Waals surface area contributed by atoms with Crippen LogP contribution in [0, 0.1) is 10.1 Å². The smallest absolute Gasteiger partial charge is 0.296 e. The molecule has 0 radical (unpaired) electrons. The third-order valence-corrected chi connectivity index (χ3v) is 5.12. The van der Waals surface area contributed by atoms with Gasteiger partial charge in [-0.1, -0.05) is 60.7 Å². The predicted molar refractivity (Wildman–Crippen MR) is 105 cm³/mol. The molecule has 1 N–H and O–H groups in total. The molecule has 0 saturated heterocycles. The molecule has 4 rings (SSSR count). The fraction of sp³-hybridized carbons (Fsp3) is 0.182. The summed E-state index contributed by atoms with van der Waals surface area (Å²) >= 11 is 0. The number of rotatable bonds is 4. The lowest BCUT2D eigenvalue weighted by Crippen LogP contribution is -2.23. The summed E-state index contributed by atoms with van der Waals surface area (Å²) in [4.78, 5) is 11.4. The van der Waals surface area contributed by atoms with Crippen LogP contribution in [0.4, 0.5) is 11.4 Å². The van der Waals surface area contributed by atoms with E-state index in [4.69, 9.17) is 4.74 Å². The lowest BCUT2D eigenvalue weighted by molar-refractivity contribution is -0.384. The first-order valence-electron chi connectivity index (χ1n) is 8.90. The maximum Gasteiger partial charge on any atom is 0.296 e. The summed E-state index contributed by atoms with van der Waals surface area (Å²) in [6, 6.07) is 23.6. The molecule has 3 aromatic carbocycles. The summed E-state index contributed by atoms with van der Waals surface area (Å²) < 4.78 is 5.33. The number of nitro groups is 1. The minimum Gasteiger partial charge on any atom is -0.496 e. The topological polar surface area (TPSA) is 64.4 Å². The summed E-state index contributed by atoms with van der Waals surface area (Å²) in [6.07, 6.45) is 0.811. The normalized spacial score (nSPS) is 18.3. The second kappa shape index (κ2) is 7.11. The number of nitro benzene ring substituents is 1. The van der Waals surface area contributed by atoms with Crippen molar-refractivity contribution in [3.63, 3.8) is 0 Å². The van der Waals surface area contributed by atoms with E-state index in [0.717, 1.165) is 23.1 Å². The first kappa shape index (κ1) is 17.1. The molecule has 27 heavy (non-hydrogen) atoms. The van der Waals surface area contributed by atoms with Gasteiger partial charge < -0.3 is 10.1 Å². The molecule has 0 aromatic heterocycles. The molecule has 3 aromatic rings. The van der Waals surface area contributed by atoms with Gasteiger partial charge in [-0.05, 0) is 29.2 Å². The summed E-state index contributed by atoms with van der Waals surface area (Å²) in [5.74, 6) is 0.544. The van der Waals surface area contributed by atoms with Crippen molar-refractivity contribution in [1.29, 1.82) is 0 Å². The van der Waals surface area contributed by atoms with Crippen molar-refractivity contribution >= 4 is 11.4 Å². The molecular weight excluding hydrogens is 340 g/mol. The average Bonchev–Trinajstić information content (AvgIpc) is 2.73. The highest BCUT2D eigenvalue weighted by Crippen LogP contribution is 2.48. The lowest BCUT2D eigenvalue weighted by Gasteiger charge is -2.34. The van der Waals surface area contributed by atoms with Crippen LogP contribution in [-0.2, 0) is 0 Å². The van der Waals surface area contributed by atoms with E-state index >= 15 is 0 Å². The van der Waals surface area contributed by atoms with E-state index in [9.17, 15) is 10.1 Å². The van der Waals surface area contributed by atoms with E-state index in [1.165, 1.54) is 13.2 Å². The monoisotopic (exact) mass is 360 g/mol. The fourth-order valence-electron chi connectivity index (χ4n) is 3.82. The van der Waals surface area contributed by atoms with Crippen LogP contribution < -0.4 is 10.1 Å². The van der Waals surface area contributed by atoms with E-state index in [-0.39, 0.29) is 22.6 Å². The largest absolute Gasteiger partial charge is 0.496 e. The highest BCUT2D eigenvalue weighted by Gasteiger charge is 2.34. The van der Waals surface area contributed by atoms with Crippen molar-refractivity contribution in [3.05, 3.63) is 99.6 Å². The van der Waals surface area contributed by atoms with E-state index < -0.39 is 0 Å². The quantitative estimate of drug-likeness (QED) is 0.507. The molecule has 5 nitrogen and oxygen atoms in total. The van der Waals surface area contributed by atoms with Crippen molar-refractivity contribution < 1.29 is 9.66 Å². The van der Waals surface area contributed by atoms with Gasteiger partial charge in [0.05, 0.1) is 24.1 Å². The zero-order valence-corrected chi connectivity index (χ0v) is 15.0. The molecule has 1 heterocycles. The maximum absolute atomic E-state index is 11.7. The molecule has 1 aliphatic rings. The number of anilines is 1. The highest BCUT2D eigenvalue weighted by atomic mass is 16.6. The summed E-state index contributed by atoms with van der Waals surface area (Å²) in [7, 11) is 1.53. The van der Waals surface area contributed by atoms with Gasteiger partial charge in [0.2, 0.25) is 0 Å². The van der Waals surface area contributed by atoms with Gasteiger partial charge in [0.25, 0.3) is 5.69 Å². The van der Waals surface area contributed by atoms with Crippen molar-refractivity contribution in [1.82, 2.24) is 0 Å². The Morgan fingerprint density at radius 2 is 1.63 bits per heavy atom. The Bertz CT molecular complexity index is 958. The van der Waals surface area contributed by atoms with Crippen molar-refractivity contribution in [3.8, 4) is 5.75 Å². The molecule has 0 amide bonds. The zero-order valence-electron chi connectivity index (χ0n) is 15.0. The van der Waals surface area contributed by atoms with Gasteiger partial charge in [-0.15, -0.1) is 0 Å². The Kier molecular flexibility index (Phi) is 4.50. The second-order valence-electron chi connectivity index (χ2n) is 6.67.